The maximum absolute atomic E-state index is 12.2. The number of aliphatic hydroxyl groups excluding tert-OH is 2. The van der Waals surface area contributed by atoms with Gasteiger partial charge >= 0.3 is 5.97 Å². The molecule has 0 aromatic rings. The zero-order valence-electron chi connectivity index (χ0n) is 11.0. The molecule has 2 fully saturated rings. The molecular formula is C13H22O4. The number of rotatable bonds is 2. The molecular weight excluding hydrogens is 220 g/mol. The van der Waals surface area contributed by atoms with Crippen LogP contribution in [0, 0.1) is 16.2 Å². The summed E-state index contributed by atoms with van der Waals surface area (Å²) in [6.45, 7) is 7.92. The number of esters is 1. The third kappa shape index (κ3) is 1.13. The van der Waals surface area contributed by atoms with E-state index in [9.17, 15) is 15.0 Å². The highest BCUT2D eigenvalue weighted by molar-refractivity contribution is 5.81. The fourth-order valence-corrected chi connectivity index (χ4v) is 3.98. The largest absolute Gasteiger partial charge is 0.465 e. The van der Waals surface area contributed by atoms with E-state index in [1.807, 2.05) is 20.8 Å². The summed E-state index contributed by atoms with van der Waals surface area (Å²) in [7, 11) is 0. The van der Waals surface area contributed by atoms with Crippen LogP contribution >= 0.6 is 0 Å². The molecule has 0 aliphatic heterocycles. The molecule has 2 aliphatic carbocycles. The van der Waals surface area contributed by atoms with Gasteiger partial charge in [-0.15, -0.1) is 0 Å². The van der Waals surface area contributed by atoms with Crippen molar-refractivity contribution in [2.75, 3.05) is 6.61 Å². The van der Waals surface area contributed by atoms with E-state index in [0.29, 0.717) is 13.0 Å². The summed E-state index contributed by atoms with van der Waals surface area (Å²) in [5, 5.41) is 20.5. The molecule has 4 atom stereocenters. The Morgan fingerprint density at radius 2 is 1.82 bits per heavy atom. The van der Waals surface area contributed by atoms with E-state index in [1.54, 1.807) is 6.92 Å². The number of hydrogen-bond donors (Lipinski definition) is 2. The summed E-state index contributed by atoms with van der Waals surface area (Å²) in [5.41, 5.74) is -1.82. The second-order valence-corrected chi connectivity index (χ2v) is 6.12. The Labute approximate surface area is 102 Å². The summed E-state index contributed by atoms with van der Waals surface area (Å²) in [6, 6.07) is 0. The zero-order chi connectivity index (χ0) is 13.1. The summed E-state index contributed by atoms with van der Waals surface area (Å²) >= 11 is 0. The molecule has 4 unspecified atom stereocenters. The van der Waals surface area contributed by atoms with Gasteiger partial charge in [-0.05, 0) is 25.2 Å². The van der Waals surface area contributed by atoms with Gasteiger partial charge in [-0.25, -0.2) is 0 Å². The fraction of sp³-hybridized carbons (Fsp3) is 0.923. The molecule has 0 amide bonds. The number of carbonyl (C=O) groups is 1. The average molecular weight is 242 g/mol. The predicted octanol–water partition coefficient (Wildman–Crippen LogP) is 1.10. The number of aliphatic hydroxyl groups is 2. The van der Waals surface area contributed by atoms with E-state index in [2.05, 4.69) is 0 Å². The minimum absolute atomic E-state index is 0.302. The van der Waals surface area contributed by atoms with Gasteiger partial charge in [0, 0.05) is 5.41 Å². The second kappa shape index (κ2) is 3.45. The normalized spacial score (nSPS) is 47.2. The van der Waals surface area contributed by atoms with Crippen molar-refractivity contribution in [2.24, 2.45) is 16.2 Å². The highest BCUT2D eigenvalue weighted by Crippen LogP contribution is 2.72. The first-order chi connectivity index (χ1) is 7.75. The summed E-state index contributed by atoms with van der Waals surface area (Å²) < 4.78 is 5.14. The van der Waals surface area contributed by atoms with Gasteiger partial charge in [0.15, 0.2) is 0 Å². The van der Waals surface area contributed by atoms with E-state index < -0.39 is 28.5 Å². The molecule has 0 radical (unpaired) electrons. The van der Waals surface area contributed by atoms with E-state index in [1.165, 1.54) is 0 Å². The van der Waals surface area contributed by atoms with Crippen LogP contribution in [0.25, 0.3) is 0 Å². The lowest BCUT2D eigenvalue weighted by Crippen LogP contribution is -2.49. The number of carbonyl (C=O) groups excluding carboxylic acids is 1. The van der Waals surface area contributed by atoms with Gasteiger partial charge in [-0.2, -0.15) is 0 Å². The average Bonchev–Trinajstić information content (AvgIpc) is 2.52. The first-order valence-electron chi connectivity index (χ1n) is 6.29. The van der Waals surface area contributed by atoms with Gasteiger partial charge in [0.1, 0.15) is 5.41 Å². The molecule has 4 nitrogen and oxygen atoms in total. The van der Waals surface area contributed by atoms with Crippen molar-refractivity contribution in [3.05, 3.63) is 0 Å². The Bertz CT molecular complexity index is 351. The molecule has 2 saturated carbocycles. The Morgan fingerprint density at radius 3 is 2.24 bits per heavy atom. The van der Waals surface area contributed by atoms with Gasteiger partial charge in [-0.3, -0.25) is 4.79 Å². The summed E-state index contributed by atoms with van der Waals surface area (Å²) in [4.78, 5) is 12.2. The minimum Gasteiger partial charge on any atom is -0.465 e. The first-order valence-corrected chi connectivity index (χ1v) is 6.29. The van der Waals surface area contributed by atoms with Crippen LogP contribution in [0.5, 0.6) is 0 Å². The lowest BCUT2D eigenvalue weighted by molar-refractivity contribution is -0.171. The van der Waals surface area contributed by atoms with E-state index >= 15 is 0 Å². The van der Waals surface area contributed by atoms with Crippen LogP contribution in [0.4, 0.5) is 0 Å². The first kappa shape index (κ1) is 12.8. The van der Waals surface area contributed by atoms with Gasteiger partial charge in [0.05, 0.1) is 18.8 Å². The van der Waals surface area contributed by atoms with Crippen LogP contribution in [0.2, 0.25) is 0 Å². The summed E-state index contributed by atoms with van der Waals surface area (Å²) in [6.07, 6.45) is -0.532. The molecule has 0 heterocycles. The molecule has 0 spiro atoms. The molecule has 2 N–H and O–H groups in total. The number of hydrogen-bond acceptors (Lipinski definition) is 4. The molecule has 0 aromatic heterocycles. The fourth-order valence-electron chi connectivity index (χ4n) is 3.98. The molecule has 17 heavy (non-hydrogen) atoms. The highest BCUT2D eigenvalue weighted by Gasteiger charge is 2.77. The quantitative estimate of drug-likeness (QED) is 0.712. The monoisotopic (exact) mass is 242 g/mol. The third-order valence-electron chi connectivity index (χ3n) is 5.68. The van der Waals surface area contributed by atoms with Crippen LogP contribution in [-0.4, -0.2) is 35.0 Å². The van der Waals surface area contributed by atoms with E-state index in [0.717, 1.165) is 6.42 Å². The standard InChI is InChI=1S/C13H22O4/c1-5-17-10(16)13-7-6-12(4,11(13,2)3)8(14)9(13)15/h8-9,14-15H,5-7H2,1-4H3. The maximum atomic E-state index is 12.2. The van der Waals surface area contributed by atoms with E-state index in [4.69, 9.17) is 4.74 Å². The second-order valence-electron chi connectivity index (χ2n) is 6.12. The molecule has 4 heteroatoms. The van der Waals surface area contributed by atoms with Gasteiger partial charge in [-0.1, -0.05) is 20.8 Å². The lowest BCUT2D eigenvalue weighted by atomic mass is 9.64. The van der Waals surface area contributed by atoms with Gasteiger partial charge in [0.25, 0.3) is 0 Å². The van der Waals surface area contributed by atoms with Crippen LogP contribution in [0.3, 0.4) is 0 Å². The van der Waals surface area contributed by atoms with Crippen LogP contribution in [-0.2, 0) is 9.53 Å². The molecule has 98 valence electrons. The van der Waals surface area contributed by atoms with Crippen LogP contribution in [0.15, 0.2) is 0 Å². The Hall–Kier alpha value is -0.610. The highest BCUT2D eigenvalue weighted by atomic mass is 16.5. The lowest BCUT2D eigenvalue weighted by Gasteiger charge is -2.39. The summed E-state index contributed by atoms with van der Waals surface area (Å²) in [5.74, 6) is -0.363. The number of fused-ring (bicyclic) bond motifs is 2. The van der Waals surface area contributed by atoms with Gasteiger partial charge < -0.3 is 14.9 Å². The van der Waals surface area contributed by atoms with Crippen molar-refractivity contribution >= 4 is 5.97 Å². The van der Waals surface area contributed by atoms with Crippen LogP contribution < -0.4 is 0 Å². The molecule has 2 aliphatic rings. The molecule has 2 bridgehead atoms. The van der Waals surface area contributed by atoms with Crippen LogP contribution in [0.1, 0.15) is 40.5 Å². The Kier molecular flexibility index (Phi) is 2.61. The van der Waals surface area contributed by atoms with Crippen molar-refractivity contribution in [3.63, 3.8) is 0 Å². The molecule has 2 rings (SSSR count). The van der Waals surface area contributed by atoms with Crippen molar-refractivity contribution in [2.45, 2.75) is 52.7 Å². The topological polar surface area (TPSA) is 66.8 Å². The van der Waals surface area contributed by atoms with Crippen molar-refractivity contribution in [3.8, 4) is 0 Å². The molecule has 0 saturated heterocycles. The predicted molar refractivity (Wildman–Crippen MR) is 62.2 cm³/mol. The van der Waals surface area contributed by atoms with Gasteiger partial charge in [0.2, 0.25) is 0 Å². The number of ether oxygens (including phenoxy) is 1. The SMILES string of the molecule is CCOC(=O)C12CCC(C)(C(O)C1O)C2(C)C. The van der Waals surface area contributed by atoms with Crippen molar-refractivity contribution in [1.82, 2.24) is 0 Å². The van der Waals surface area contributed by atoms with E-state index in [-0.39, 0.29) is 5.97 Å². The van der Waals surface area contributed by atoms with Crippen molar-refractivity contribution < 1.29 is 19.7 Å². The Balaban J connectivity index is 2.50. The minimum atomic E-state index is -1.02. The smallest absolute Gasteiger partial charge is 0.315 e. The maximum Gasteiger partial charge on any atom is 0.315 e. The van der Waals surface area contributed by atoms with Crippen molar-refractivity contribution in [1.29, 1.82) is 0 Å². The third-order valence-corrected chi connectivity index (χ3v) is 5.68. The zero-order valence-corrected chi connectivity index (χ0v) is 11.0. The molecule has 0 aromatic carbocycles. The Morgan fingerprint density at radius 1 is 1.24 bits per heavy atom.